The van der Waals surface area contributed by atoms with Crippen LogP contribution in [0.25, 0.3) is 0 Å². The molecular formula is C13H12ClFN2O2. The number of nitrogens with one attached hydrogen (secondary N) is 1. The summed E-state index contributed by atoms with van der Waals surface area (Å²) in [7, 11) is 0. The van der Waals surface area contributed by atoms with Gasteiger partial charge in [0.2, 0.25) is 0 Å². The molecule has 2 aromatic rings. The molecule has 0 radical (unpaired) electrons. The van der Waals surface area contributed by atoms with Gasteiger partial charge in [-0.2, -0.15) is 0 Å². The van der Waals surface area contributed by atoms with E-state index in [0.717, 1.165) is 4.57 Å². The molecule has 0 aliphatic rings. The molecule has 4 nitrogen and oxygen atoms in total. The molecule has 1 atom stereocenters. The number of aromatic amines is 1. The quantitative estimate of drug-likeness (QED) is 0.859. The zero-order valence-electron chi connectivity index (χ0n) is 10.4. The van der Waals surface area contributed by atoms with Gasteiger partial charge in [0.1, 0.15) is 11.0 Å². The summed E-state index contributed by atoms with van der Waals surface area (Å²) < 4.78 is 13.9. The van der Waals surface area contributed by atoms with E-state index in [-0.39, 0.29) is 16.5 Å². The number of H-pyrrole nitrogens is 1. The van der Waals surface area contributed by atoms with Crippen LogP contribution in [0.2, 0.25) is 5.15 Å². The number of halogens is 2. The number of aromatic nitrogens is 2. The Morgan fingerprint density at radius 1 is 1.26 bits per heavy atom. The minimum atomic E-state index is -0.586. The zero-order chi connectivity index (χ0) is 14.2. The Morgan fingerprint density at radius 3 is 2.42 bits per heavy atom. The Kier molecular flexibility index (Phi) is 3.57. The van der Waals surface area contributed by atoms with Crippen LogP contribution < -0.4 is 11.2 Å². The van der Waals surface area contributed by atoms with Crippen molar-refractivity contribution in [1.82, 2.24) is 9.55 Å². The molecule has 0 fully saturated rings. The fraction of sp³-hybridized carbons (Fsp3) is 0.231. The molecule has 19 heavy (non-hydrogen) atoms. The molecule has 0 saturated carbocycles. The lowest BCUT2D eigenvalue weighted by atomic mass is 10.1. The van der Waals surface area contributed by atoms with Gasteiger partial charge in [-0.05, 0) is 31.5 Å². The van der Waals surface area contributed by atoms with Gasteiger partial charge in [0.25, 0.3) is 5.56 Å². The number of rotatable bonds is 2. The number of hydrogen-bond donors (Lipinski definition) is 1. The van der Waals surface area contributed by atoms with E-state index < -0.39 is 17.3 Å². The molecular weight excluding hydrogens is 271 g/mol. The Morgan fingerprint density at radius 2 is 1.84 bits per heavy atom. The summed E-state index contributed by atoms with van der Waals surface area (Å²) in [6.45, 7) is 3.23. The van der Waals surface area contributed by atoms with Crippen LogP contribution in [0.1, 0.15) is 24.1 Å². The SMILES string of the molecule is Cc1c(Cl)[nH]c(=O)n(C(C)c2ccc(F)cc2)c1=O. The van der Waals surface area contributed by atoms with Crippen molar-refractivity contribution in [1.29, 1.82) is 0 Å². The summed E-state index contributed by atoms with van der Waals surface area (Å²) in [6, 6.07) is 5.14. The van der Waals surface area contributed by atoms with Crippen LogP contribution in [0.15, 0.2) is 33.9 Å². The Bertz CT molecular complexity index is 719. The largest absolute Gasteiger partial charge is 0.330 e. The van der Waals surface area contributed by atoms with E-state index in [1.807, 2.05) is 0 Å². The summed E-state index contributed by atoms with van der Waals surface area (Å²) in [5.41, 5.74) is -0.103. The average Bonchev–Trinajstić information content (AvgIpc) is 2.37. The fourth-order valence-electron chi connectivity index (χ4n) is 1.86. The van der Waals surface area contributed by atoms with E-state index >= 15 is 0 Å². The maximum atomic E-state index is 12.9. The van der Waals surface area contributed by atoms with Crippen molar-refractivity contribution in [3.05, 3.63) is 67.2 Å². The van der Waals surface area contributed by atoms with Crippen molar-refractivity contribution in [2.75, 3.05) is 0 Å². The van der Waals surface area contributed by atoms with Gasteiger partial charge in [0.05, 0.1) is 6.04 Å². The van der Waals surface area contributed by atoms with Crippen LogP contribution in [0.4, 0.5) is 4.39 Å². The molecule has 1 N–H and O–H groups in total. The normalized spacial score (nSPS) is 12.4. The smallest absolute Gasteiger partial charge is 0.297 e. The lowest BCUT2D eigenvalue weighted by molar-refractivity contribution is 0.570. The first kappa shape index (κ1) is 13.5. The van der Waals surface area contributed by atoms with Gasteiger partial charge in [-0.3, -0.25) is 14.3 Å². The topological polar surface area (TPSA) is 54.9 Å². The van der Waals surface area contributed by atoms with Gasteiger partial charge in [-0.1, -0.05) is 23.7 Å². The van der Waals surface area contributed by atoms with Gasteiger partial charge in [-0.25, -0.2) is 9.18 Å². The second-order valence-corrected chi connectivity index (χ2v) is 4.65. The van der Waals surface area contributed by atoms with E-state index in [1.54, 1.807) is 6.92 Å². The lowest BCUT2D eigenvalue weighted by Crippen LogP contribution is -2.38. The third-order valence-electron chi connectivity index (χ3n) is 3.04. The number of benzene rings is 1. The molecule has 0 bridgehead atoms. The van der Waals surface area contributed by atoms with Gasteiger partial charge in [-0.15, -0.1) is 0 Å². The van der Waals surface area contributed by atoms with Crippen molar-refractivity contribution in [3.8, 4) is 0 Å². The molecule has 1 heterocycles. The number of hydrogen-bond acceptors (Lipinski definition) is 2. The van der Waals surface area contributed by atoms with Crippen molar-refractivity contribution in [2.45, 2.75) is 19.9 Å². The summed E-state index contributed by atoms with van der Waals surface area (Å²) in [5.74, 6) is -0.371. The van der Waals surface area contributed by atoms with Crippen molar-refractivity contribution in [2.24, 2.45) is 0 Å². The van der Waals surface area contributed by atoms with E-state index in [4.69, 9.17) is 11.6 Å². The monoisotopic (exact) mass is 282 g/mol. The minimum Gasteiger partial charge on any atom is -0.297 e. The van der Waals surface area contributed by atoms with Gasteiger partial charge >= 0.3 is 5.69 Å². The zero-order valence-corrected chi connectivity index (χ0v) is 11.2. The fourth-order valence-corrected chi connectivity index (χ4v) is 2.02. The molecule has 6 heteroatoms. The second-order valence-electron chi connectivity index (χ2n) is 4.27. The minimum absolute atomic E-state index is 0.0394. The molecule has 0 aliphatic heterocycles. The Labute approximate surface area is 113 Å². The predicted molar refractivity (Wildman–Crippen MR) is 71.3 cm³/mol. The van der Waals surface area contributed by atoms with Crippen LogP contribution in [-0.4, -0.2) is 9.55 Å². The van der Waals surface area contributed by atoms with E-state index in [1.165, 1.54) is 31.2 Å². The molecule has 0 saturated heterocycles. The Balaban J connectivity index is 2.59. The molecule has 0 aliphatic carbocycles. The third kappa shape index (κ3) is 2.46. The summed E-state index contributed by atoms with van der Waals surface area (Å²) in [4.78, 5) is 26.3. The molecule has 1 aromatic carbocycles. The standard InChI is InChI=1S/C13H12ClFN2O2/c1-7-11(14)16-13(19)17(12(7)18)8(2)9-3-5-10(15)6-4-9/h3-6,8H,1-2H3,(H,16,19). The highest BCUT2D eigenvalue weighted by Gasteiger charge is 2.16. The summed E-state index contributed by atoms with van der Waals surface area (Å²) in [6.07, 6.45) is 0. The maximum Gasteiger partial charge on any atom is 0.330 e. The third-order valence-corrected chi connectivity index (χ3v) is 3.42. The lowest BCUT2D eigenvalue weighted by Gasteiger charge is -2.15. The highest BCUT2D eigenvalue weighted by molar-refractivity contribution is 6.30. The molecule has 0 spiro atoms. The van der Waals surface area contributed by atoms with Crippen molar-refractivity contribution in [3.63, 3.8) is 0 Å². The molecule has 0 amide bonds. The van der Waals surface area contributed by atoms with Gasteiger partial charge in [0.15, 0.2) is 0 Å². The first-order chi connectivity index (χ1) is 8.91. The van der Waals surface area contributed by atoms with Gasteiger partial charge in [0, 0.05) is 5.56 Å². The van der Waals surface area contributed by atoms with Crippen LogP contribution in [-0.2, 0) is 0 Å². The van der Waals surface area contributed by atoms with E-state index in [2.05, 4.69) is 4.98 Å². The van der Waals surface area contributed by atoms with Crippen LogP contribution in [0.5, 0.6) is 0 Å². The summed E-state index contributed by atoms with van der Waals surface area (Å²) in [5, 5.41) is 0.0394. The van der Waals surface area contributed by atoms with E-state index in [9.17, 15) is 14.0 Å². The van der Waals surface area contributed by atoms with Crippen molar-refractivity contribution >= 4 is 11.6 Å². The first-order valence-electron chi connectivity index (χ1n) is 5.68. The average molecular weight is 283 g/mol. The van der Waals surface area contributed by atoms with Crippen molar-refractivity contribution < 1.29 is 4.39 Å². The molecule has 2 rings (SSSR count). The number of nitrogens with zero attached hydrogens (tertiary/aromatic N) is 1. The van der Waals surface area contributed by atoms with Crippen LogP contribution in [0.3, 0.4) is 0 Å². The highest BCUT2D eigenvalue weighted by atomic mass is 35.5. The Hall–Kier alpha value is -1.88. The van der Waals surface area contributed by atoms with E-state index in [0.29, 0.717) is 5.56 Å². The maximum absolute atomic E-state index is 12.9. The van der Waals surface area contributed by atoms with Crippen LogP contribution >= 0.6 is 11.6 Å². The highest BCUT2D eigenvalue weighted by Crippen LogP contribution is 2.15. The molecule has 1 aromatic heterocycles. The van der Waals surface area contributed by atoms with Crippen LogP contribution in [0, 0.1) is 12.7 Å². The predicted octanol–water partition coefficient (Wildman–Crippen LogP) is 2.25. The molecule has 1 unspecified atom stereocenters. The summed E-state index contributed by atoms with van der Waals surface area (Å²) >= 11 is 5.74. The molecule has 100 valence electrons. The first-order valence-corrected chi connectivity index (χ1v) is 6.06. The van der Waals surface area contributed by atoms with Gasteiger partial charge < -0.3 is 0 Å². The second kappa shape index (κ2) is 5.01.